The first-order valence-corrected chi connectivity index (χ1v) is 7.28. The zero-order valence-corrected chi connectivity index (χ0v) is 13.1. The molecule has 0 saturated carbocycles. The van der Waals surface area contributed by atoms with Gasteiger partial charge in [-0.2, -0.15) is 0 Å². The van der Waals surface area contributed by atoms with Crippen molar-refractivity contribution in [2.24, 2.45) is 5.73 Å². The highest BCUT2D eigenvalue weighted by Gasteiger charge is 2.23. The lowest BCUT2D eigenvalue weighted by Crippen LogP contribution is -2.15. The molecule has 0 fully saturated rings. The normalized spacial score (nSPS) is 11.9. The second kappa shape index (κ2) is 5.02. The van der Waals surface area contributed by atoms with Crippen LogP contribution in [0.4, 0.5) is 0 Å². The molecule has 0 bridgehead atoms. The van der Waals surface area contributed by atoms with E-state index in [1.807, 2.05) is 6.20 Å². The summed E-state index contributed by atoms with van der Waals surface area (Å²) in [6.45, 7) is 11.2. The van der Waals surface area contributed by atoms with Crippen LogP contribution in [0.25, 0.3) is 10.7 Å². The Hall–Kier alpha value is -1.26. The van der Waals surface area contributed by atoms with Crippen LogP contribution < -0.4 is 5.73 Å². The largest absolute Gasteiger partial charge is 0.326 e. The Kier molecular flexibility index (Phi) is 3.74. The summed E-state index contributed by atoms with van der Waals surface area (Å²) in [5, 5.41) is 0.975. The predicted octanol–water partition coefficient (Wildman–Crippen LogP) is 3.58. The molecule has 0 aliphatic carbocycles. The van der Waals surface area contributed by atoms with Crippen LogP contribution in [-0.4, -0.2) is 9.97 Å². The summed E-state index contributed by atoms with van der Waals surface area (Å²) in [6, 6.07) is 2.14. The second-order valence-corrected chi connectivity index (χ2v) is 7.01. The Morgan fingerprint density at radius 3 is 2.42 bits per heavy atom. The van der Waals surface area contributed by atoms with Crippen molar-refractivity contribution < 1.29 is 0 Å². The molecule has 0 amide bonds. The number of aryl methyl sites for hydroxylation is 2. The lowest BCUT2D eigenvalue weighted by atomic mass is 9.91. The zero-order chi connectivity index (χ0) is 14.2. The topological polar surface area (TPSA) is 51.8 Å². The Bertz CT molecular complexity index is 594. The van der Waals surface area contributed by atoms with E-state index in [4.69, 9.17) is 10.7 Å². The molecule has 0 saturated heterocycles. The molecule has 2 aromatic heterocycles. The van der Waals surface area contributed by atoms with E-state index >= 15 is 0 Å². The molecule has 0 atom stereocenters. The van der Waals surface area contributed by atoms with Crippen molar-refractivity contribution in [2.45, 2.75) is 46.6 Å². The summed E-state index contributed by atoms with van der Waals surface area (Å²) in [5.41, 5.74) is 10.3. The number of hydrogen-bond donors (Lipinski definition) is 1. The van der Waals surface area contributed by atoms with Gasteiger partial charge in [-0.3, -0.25) is 4.98 Å². The number of thiazole rings is 1. The predicted molar refractivity (Wildman–Crippen MR) is 81.4 cm³/mol. The lowest BCUT2D eigenvalue weighted by Gasteiger charge is -2.16. The van der Waals surface area contributed by atoms with Gasteiger partial charge in [-0.05, 0) is 25.0 Å². The minimum Gasteiger partial charge on any atom is -0.326 e. The van der Waals surface area contributed by atoms with Crippen LogP contribution in [0, 0.1) is 13.8 Å². The van der Waals surface area contributed by atoms with Gasteiger partial charge in [0, 0.05) is 23.0 Å². The number of hydrogen-bond acceptors (Lipinski definition) is 4. The fourth-order valence-electron chi connectivity index (χ4n) is 2.12. The highest BCUT2D eigenvalue weighted by atomic mass is 32.1. The Balaban J connectivity index is 2.55. The summed E-state index contributed by atoms with van der Waals surface area (Å²) in [4.78, 5) is 10.5. The molecule has 19 heavy (non-hydrogen) atoms. The maximum absolute atomic E-state index is 5.85. The molecule has 2 aromatic rings. The summed E-state index contributed by atoms with van der Waals surface area (Å²) >= 11 is 1.66. The van der Waals surface area contributed by atoms with Crippen molar-refractivity contribution in [3.05, 3.63) is 34.0 Å². The minimum atomic E-state index is 0.0159. The van der Waals surface area contributed by atoms with Crippen LogP contribution in [0.2, 0.25) is 0 Å². The quantitative estimate of drug-likeness (QED) is 0.911. The highest BCUT2D eigenvalue weighted by molar-refractivity contribution is 7.15. The summed E-state index contributed by atoms with van der Waals surface area (Å²) in [7, 11) is 0. The van der Waals surface area contributed by atoms with Crippen molar-refractivity contribution in [1.29, 1.82) is 0 Å². The molecule has 0 aliphatic rings. The third-order valence-corrected chi connectivity index (χ3v) is 4.10. The van der Waals surface area contributed by atoms with Crippen molar-refractivity contribution in [1.82, 2.24) is 9.97 Å². The SMILES string of the molecule is Cc1cnc(-c2nc(C(C)(C)C)c(CN)s2)c(C)c1. The van der Waals surface area contributed by atoms with E-state index in [1.54, 1.807) is 11.3 Å². The molecule has 2 heterocycles. The smallest absolute Gasteiger partial charge is 0.142 e. The molecular formula is C15H21N3S. The number of nitrogens with zero attached hydrogens (tertiary/aromatic N) is 2. The number of pyridine rings is 1. The van der Waals surface area contributed by atoms with Gasteiger partial charge in [0.2, 0.25) is 0 Å². The molecule has 0 spiro atoms. The summed E-state index contributed by atoms with van der Waals surface area (Å²) < 4.78 is 0. The first-order chi connectivity index (χ1) is 8.82. The molecule has 0 unspecified atom stereocenters. The summed E-state index contributed by atoms with van der Waals surface area (Å²) in [6.07, 6.45) is 1.89. The highest BCUT2D eigenvalue weighted by Crippen LogP contribution is 2.34. The van der Waals surface area contributed by atoms with Crippen molar-refractivity contribution >= 4 is 11.3 Å². The van der Waals surface area contributed by atoms with Crippen molar-refractivity contribution in [2.75, 3.05) is 0 Å². The van der Waals surface area contributed by atoms with Gasteiger partial charge in [-0.1, -0.05) is 26.8 Å². The Morgan fingerprint density at radius 1 is 1.26 bits per heavy atom. The monoisotopic (exact) mass is 275 g/mol. The van der Waals surface area contributed by atoms with Gasteiger partial charge in [0.15, 0.2) is 0 Å². The first-order valence-electron chi connectivity index (χ1n) is 6.47. The third kappa shape index (κ3) is 2.85. The van der Waals surface area contributed by atoms with E-state index < -0.39 is 0 Å². The number of rotatable bonds is 2. The molecule has 0 radical (unpaired) electrons. The molecule has 2 N–H and O–H groups in total. The van der Waals surface area contributed by atoms with Crippen molar-refractivity contribution in [3.63, 3.8) is 0 Å². The molecular weight excluding hydrogens is 254 g/mol. The maximum atomic E-state index is 5.85. The van der Waals surface area contributed by atoms with Crippen LogP contribution in [0.5, 0.6) is 0 Å². The third-order valence-electron chi connectivity index (χ3n) is 3.01. The molecule has 0 aliphatic heterocycles. The van der Waals surface area contributed by atoms with E-state index in [9.17, 15) is 0 Å². The lowest BCUT2D eigenvalue weighted by molar-refractivity contribution is 0.567. The van der Waals surface area contributed by atoms with Gasteiger partial charge in [0.1, 0.15) is 10.7 Å². The molecule has 0 aromatic carbocycles. The second-order valence-electron chi connectivity index (χ2n) is 5.92. The minimum absolute atomic E-state index is 0.0159. The van der Waals surface area contributed by atoms with Crippen LogP contribution in [0.3, 0.4) is 0 Å². The average Bonchev–Trinajstić information content (AvgIpc) is 2.72. The average molecular weight is 275 g/mol. The number of nitrogens with two attached hydrogens (primary N) is 1. The van der Waals surface area contributed by atoms with Gasteiger partial charge in [-0.25, -0.2) is 4.98 Å². The van der Waals surface area contributed by atoms with Gasteiger partial charge in [-0.15, -0.1) is 11.3 Å². The van der Waals surface area contributed by atoms with Crippen LogP contribution >= 0.6 is 11.3 Å². The molecule has 3 nitrogen and oxygen atoms in total. The Morgan fingerprint density at radius 2 is 1.95 bits per heavy atom. The fraction of sp³-hybridized carbons (Fsp3) is 0.467. The van der Waals surface area contributed by atoms with E-state index in [2.05, 4.69) is 45.7 Å². The van der Waals surface area contributed by atoms with Crippen LogP contribution in [0.1, 0.15) is 42.5 Å². The molecule has 4 heteroatoms. The van der Waals surface area contributed by atoms with Crippen LogP contribution in [0.15, 0.2) is 12.3 Å². The fourth-order valence-corrected chi connectivity index (χ4v) is 3.33. The van der Waals surface area contributed by atoms with E-state index in [0.29, 0.717) is 6.54 Å². The Labute approximate surface area is 118 Å². The van der Waals surface area contributed by atoms with Crippen LogP contribution in [-0.2, 0) is 12.0 Å². The van der Waals surface area contributed by atoms with Gasteiger partial charge in [0.25, 0.3) is 0 Å². The van der Waals surface area contributed by atoms with Crippen molar-refractivity contribution in [3.8, 4) is 10.7 Å². The molecule has 102 valence electrons. The van der Waals surface area contributed by atoms with E-state index in [1.165, 1.54) is 5.56 Å². The summed E-state index contributed by atoms with van der Waals surface area (Å²) in [5.74, 6) is 0. The molecule has 2 rings (SSSR count). The van der Waals surface area contributed by atoms with E-state index in [0.717, 1.165) is 26.8 Å². The van der Waals surface area contributed by atoms with Gasteiger partial charge >= 0.3 is 0 Å². The van der Waals surface area contributed by atoms with Gasteiger partial charge in [0.05, 0.1) is 5.69 Å². The first kappa shape index (κ1) is 14.2. The van der Waals surface area contributed by atoms with Gasteiger partial charge < -0.3 is 5.73 Å². The van der Waals surface area contributed by atoms with E-state index in [-0.39, 0.29) is 5.41 Å². The number of aromatic nitrogens is 2. The standard InChI is InChI=1S/C15H21N3S/c1-9-6-10(2)12(17-8-9)14-18-13(15(3,4)5)11(7-16)19-14/h6,8H,7,16H2,1-5H3. The zero-order valence-electron chi connectivity index (χ0n) is 12.2. The maximum Gasteiger partial charge on any atom is 0.142 e.